The molecule has 2 rings (SSSR count). The third kappa shape index (κ3) is 3.62. The lowest BCUT2D eigenvalue weighted by Gasteiger charge is -2.40. The van der Waals surface area contributed by atoms with Gasteiger partial charge in [-0.05, 0) is 0 Å². The quantitative estimate of drug-likeness (QED) is 0.239. The summed E-state index contributed by atoms with van der Waals surface area (Å²) in [5.41, 5.74) is 0. The second-order valence-electron chi connectivity index (χ2n) is 5.58. The van der Waals surface area contributed by atoms with Crippen LogP contribution < -0.4 is 0 Å². The molecule has 9 atom stereocenters. The molecule has 2 fully saturated rings. The highest BCUT2D eigenvalue weighted by Crippen LogP contribution is 2.31. The Labute approximate surface area is 136 Å². The van der Waals surface area contributed by atoms with Gasteiger partial charge in [0.1, 0.15) is 43.2 Å². The molecule has 10 nitrogen and oxygen atoms in total. The Bertz CT molecular complexity index is 398. The summed E-state index contributed by atoms with van der Waals surface area (Å²) in [7, 11) is 0. The molecule has 0 aliphatic carbocycles. The van der Waals surface area contributed by atoms with Gasteiger partial charge in [-0.25, -0.2) is 0 Å². The maximum Gasteiger partial charge on any atom is 0.219 e. The number of rotatable bonds is 5. The van der Waals surface area contributed by atoms with Crippen LogP contribution in [0.5, 0.6) is 0 Å². The van der Waals surface area contributed by atoms with Crippen molar-refractivity contribution < 1.29 is 50.0 Å². The summed E-state index contributed by atoms with van der Waals surface area (Å²) >= 11 is 5.80. The largest absolute Gasteiger partial charge is 0.394 e. The summed E-state index contributed by atoms with van der Waals surface area (Å²) in [5.74, 6) is -2.34. The predicted octanol–water partition coefficient (Wildman–Crippen LogP) is -4.15. The van der Waals surface area contributed by atoms with Gasteiger partial charge in [-0.2, -0.15) is 0 Å². The van der Waals surface area contributed by atoms with Crippen LogP contribution in [0.25, 0.3) is 0 Å². The molecule has 2 heterocycles. The normalized spacial score (nSPS) is 51.1. The van der Waals surface area contributed by atoms with Crippen LogP contribution >= 0.6 is 11.6 Å². The molecule has 23 heavy (non-hydrogen) atoms. The van der Waals surface area contributed by atoms with Gasteiger partial charge in [-0.15, -0.1) is 11.6 Å². The topological polar surface area (TPSA) is 169 Å². The molecule has 11 heteroatoms. The summed E-state index contributed by atoms with van der Waals surface area (Å²) in [5, 5.41) is 66.2. The van der Waals surface area contributed by atoms with E-state index in [1.54, 1.807) is 0 Å². The van der Waals surface area contributed by atoms with Crippen molar-refractivity contribution in [3.63, 3.8) is 0 Å². The van der Waals surface area contributed by atoms with Crippen LogP contribution in [-0.4, -0.2) is 110 Å². The van der Waals surface area contributed by atoms with Crippen molar-refractivity contribution in [3.05, 3.63) is 0 Å². The number of hydrogen-bond acceptors (Lipinski definition) is 10. The van der Waals surface area contributed by atoms with Crippen molar-refractivity contribution in [1.29, 1.82) is 0 Å². The molecule has 2 aliphatic heterocycles. The number of aliphatic hydroxyl groups is 7. The molecule has 136 valence electrons. The van der Waals surface area contributed by atoms with Crippen LogP contribution in [0.15, 0.2) is 0 Å². The van der Waals surface area contributed by atoms with Crippen molar-refractivity contribution in [1.82, 2.24) is 0 Å². The lowest BCUT2D eigenvalue weighted by Crippen LogP contribution is -2.58. The molecule has 0 saturated carbocycles. The average molecular weight is 361 g/mol. The van der Waals surface area contributed by atoms with Crippen molar-refractivity contribution in [2.24, 2.45) is 0 Å². The van der Waals surface area contributed by atoms with E-state index >= 15 is 0 Å². The van der Waals surface area contributed by atoms with Gasteiger partial charge in [0, 0.05) is 0 Å². The highest BCUT2D eigenvalue weighted by Gasteiger charge is 2.54. The van der Waals surface area contributed by atoms with Crippen LogP contribution in [0.2, 0.25) is 0 Å². The van der Waals surface area contributed by atoms with Crippen LogP contribution in [0.3, 0.4) is 0 Å². The Kier molecular flexibility index (Phi) is 6.20. The number of aliphatic hydroxyl groups excluding tert-OH is 6. The van der Waals surface area contributed by atoms with Crippen LogP contribution in [-0.2, 0) is 14.2 Å². The Hall–Kier alpha value is -0.110. The van der Waals surface area contributed by atoms with Crippen LogP contribution in [0.4, 0.5) is 0 Å². The molecule has 2 saturated heterocycles. The van der Waals surface area contributed by atoms with Gasteiger partial charge in [-0.3, -0.25) is 0 Å². The molecule has 0 unspecified atom stereocenters. The predicted molar refractivity (Wildman–Crippen MR) is 72.3 cm³/mol. The van der Waals surface area contributed by atoms with E-state index in [1.807, 2.05) is 0 Å². The van der Waals surface area contributed by atoms with Gasteiger partial charge in [0.2, 0.25) is 5.79 Å². The summed E-state index contributed by atoms with van der Waals surface area (Å²) in [6.45, 7) is -1.91. The Morgan fingerprint density at radius 1 is 0.957 bits per heavy atom. The maximum atomic E-state index is 10.1. The summed E-state index contributed by atoms with van der Waals surface area (Å²) in [4.78, 5) is 0. The smallest absolute Gasteiger partial charge is 0.219 e. The molecule has 0 bridgehead atoms. The van der Waals surface area contributed by atoms with Gasteiger partial charge in [0.25, 0.3) is 0 Å². The fourth-order valence-electron chi connectivity index (χ4n) is 2.52. The van der Waals surface area contributed by atoms with E-state index in [0.717, 1.165) is 0 Å². The first-order valence-corrected chi connectivity index (χ1v) is 7.44. The monoisotopic (exact) mass is 360 g/mol. The lowest BCUT2D eigenvalue weighted by atomic mass is 10.0. The van der Waals surface area contributed by atoms with E-state index < -0.39 is 73.9 Å². The molecular formula is C12H21ClO10. The third-order valence-electron chi connectivity index (χ3n) is 3.96. The number of alkyl halides is 1. The zero-order valence-corrected chi connectivity index (χ0v) is 12.7. The van der Waals surface area contributed by atoms with Crippen molar-refractivity contribution in [2.75, 3.05) is 19.8 Å². The van der Waals surface area contributed by atoms with E-state index in [2.05, 4.69) is 0 Å². The van der Waals surface area contributed by atoms with E-state index in [1.165, 1.54) is 0 Å². The van der Waals surface area contributed by atoms with E-state index in [-0.39, 0.29) is 0 Å². The Morgan fingerprint density at radius 3 is 2.09 bits per heavy atom. The average Bonchev–Trinajstić information content (AvgIpc) is 2.76. The van der Waals surface area contributed by atoms with Gasteiger partial charge in [0.05, 0.1) is 18.6 Å². The zero-order chi connectivity index (χ0) is 17.4. The fourth-order valence-corrected chi connectivity index (χ4v) is 2.80. The van der Waals surface area contributed by atoms with Gasteiger partial charge in [-0.1, -0.05) is 0 Å². The summed E-state index contributed by atoms with van der Waals surface area (Å²) in [6, 6.07) is 0. The SMILES string of the molecule is OC[C@H]1O[C@](O)(CO[C@H]2O[C@H](CO)[C@H](Cl)[C@H](O)[C@H]2O)[C@@H](O)[C@@H]1O. The number of ether oxygens (including phenoxy) is 3. The van der Waals surface area contributed by atoms with E-state index in [9.17, 15) is 25.5 Å². The highest BCUT2D eigenvalue weighted by molar-refractivity contribution is 6.21. The third-order valence-corrected chi connectivity index (χ3v) is 4.49. The number of hydrogen-bond donors (Lipinski definition) is 7. The second kappa shape index (κ2) is 7.42. The van der Waals surface area contributed by atoms with Gasteiger partial charge in [0.15, 0.2) is 6.29 Å². The zero-order valence-electron chi connectivity index (χ0n) is 12.0. The van der Waals surface area contributed by atoms with Crippen LogP contribution in [0.1, 0.15) is 0 Å². The first-order valence-electron chi connectivity index (χ1n) is 7.00. The first-order chi connectivity index (χ1) is 10.7. The minimum absolute atomic E-state index is 0.535. The van der Waals surface area contributed by atoms with Crippen molar-refractivity contribution in [3.8, 4) is 0 Å². The second-order valence-corrected chi connectivity index (χ2v) is 6.09. The van der Waals surface area contributed by atoms with Gasteiger partial charge >= 0.3 is 0 Å². The fraction of sp³-hybridized carbons (Fsp3) is 1.00. The molecule has 0 radical (unpaired) electrons. The molecule has 2 aliphatic rings. The number of halogens is 1. The lowest BCUT2D eigenvalue weighted by molar-refractivity contribution is -0.315. The molecular weight excluding hydrogens is 340 g/mol. The Balaban J connectivity index is 1.99. The molecule has 0 spiro atoms. The molecule has 0 aromatic rings. The minimum atomic E-state index is -2.34. The van der Waals surface area contributed by atoms with Crippen molar-refractivity contribution in [2.45, 2.75) is 54.1 Å². The Morgan fingerprint density at radius 2 is 1.57 bits per heavy atom. The van der Waals surface area contributed by atoms with Crippen molar-refractivity contribution >= 4 is 11.6 Å². The van der Waals surface area contributed by atoms with E-state index in [4.69, 9.17) is 36.0 Å². The first kappa shape index (κ1) is 19.2. The standard InChI is InChI=1S/C12H21ClO10/c13-6-4(1-14)22-11(9(18)8(6)17)21-3-12(20)10(19)7(16)5(2-15)23-12/h4-11,14-20H,1-3H2/t4-,5-,6+,7-,8+,9-,10+,11+,12-/m1/s1. The van der Waals surface area contributed by atoms with E-state index in [0.29, 0.717) is 0 Å². The molecule has 0 amide bonds. The van der Waals surface area contributed by atoms with Gasteiger partial charge < -0.3 is 50.0 Å². The summed E-state index contributed by atoms with van der Waals surface area (Å²) in [6.07, 6.45) is -10.00. The summed E-state index contributed by atoms with van der Waals surface area (Å²) < 4.78 is 15.2. The minimum Gasteiger partial charge on any atom is -0.394 e. The highest BCUT2D eigenvalue weighted by atomic mass is 35.5. The van der Waals surface area contributed by atoms with Crippen LogP contribution in [0, 0.1) is 0 Å². The molecule has 7 N–H and O–H groups in total. The maximum absolute atomic E-state index is 10.1. The molecule has 0 aromatic carbocycles. The molecule has 0 aromatic heterocycles.